The van der Waals surface area contributed by atoms with Crippen LogP contribution < -0.4 is 0 Å². The van der Waals surface area contributed by atoms with E-state index in [4.69, 9.17) is 5.11 Å². The minimum atomic E-state index is -1.25. The smallest absolute Gasteiger partial charge is 0.356 e. The van der Waals surface area contributed by atoms with Crippen molar-refractivity contribution in [2.45, 2.75) is 0 Å². The predicted octanol–water partition coefficient (Wildman–Crippen LogP) is 1.71. The fourth-order valence-electron chi connectivity index (χ4n) is 1.23. The monoisotopic (exact) mass is 206 g/mol. The molecule has 0 spiro atoms. The van der Waals surface area contributed by atoms with Crippen molar-refractivity contribution in [3.63, 3.8) is 0 Å². The molecule has 5 heteroatoms. The molecule has 0 saturated carbocycles. The fraction of sp³-hybridized carbons (Fsp3) is 0. The Morgan fingerprint density at radius 2 is 2.00 bits per heavy atom. The molecule has 0 radical (unpaired) electrons. The number of hydrogen-bond donors (Lipinski definition) is 1. The van der Waals surface area contributed by atoms with E-state index in [-0.39, 0.29) is 5.69 Å². The first kappa shape index (κ1) is 9.39. The highest BCUT2D eigenvalue weighted by atomic mass is 19.1. The van der Waals surface area contributed by atoms with Gasteiger partial charge in [-0.3, -0.25) is 4.57 Å². The van der Waals surface area contributed by atoms with Gasteiger partial charge in [-0.1, -0.05) is 18.2 Å². The largest absolute Gasteiger partial charge is 0.476 e. The van der Waals surface area contributed by atoms with Crippen LogP contribution in [0.25, 0.3) is 5.69 Å². The number of nitrogens with zero attached hydrogens (tertiary/aromatic N) is 2. The third kappa shape index (κ3) is 1.71. The Labute approximate surface area is 84.6 Å². The van der Waals surface area contributed by atoms with Gasteiger partial charge in [0.15, 0.2) is 5.69 Å². The Balaban J connectivity index is 2.50. The van der Waals surface area contributed by atoms with Crippen molar-refractivity contribution in [1.82, 2.24) is 9.55 Å². The van der Waals surface area contributed by atoms with Crippen LogP contribution in [0.1, 0.15) is 10.5 Å². The molecule has 0 saturated heterocycles. The lowest BCUT2D eigenvalue weighted by atomic mass is 10.3. The second-order valence-electron chi connectivity index (χ2n) is 2.91. The van der Waals surface area contributed by atoms with Crippen molar-refractivity contribution in [2.75, 3.05) is 0 Å². The van der Waals surface area contributed by atoms with E-state index in [1.807, 2.05) is 0 Å². The molecule has 0 atom stereocenters. The van der Waals surface area contributed by atoms with Gasteiger partial charge in [-0.25, -0.2) is 4.79 Å². The quantitative estimate of drug-likeness (QED) is 0.813. The highest BCUT2D eigenvalue weighted by Crippen LogP contribution is 2.11. The molecule has 76 valence electrons. The van der Waals surface area contributed by atoms with Crippen LogP contribution >= 0.6 is 0 Å². The first-order valence-corrected chi connectivity index (χ1v) is 4.22. The van der Waals surface area contributed by atoms with Crippen LogP contribution in [-0.2, 0) is 0 Å². The number of imidazole rings is 1. The summed E-state index contributed by atoms with van der Waals surface area (Å²) in [4.78, 5) is 13.8. The fourth-order valence-corrected chi connectivity index (χ4v) is 1.23. The van der Waals surface area contributed by atoms with E-state index in [2.05, 4.69) is 4.98 Å². The number of hydrogen-bond acceptors (Lipinski definition) is 2. The van der Waals surface area contributed by atoms with Crippen LogP contribution in [0.4, 0.5) is 4.39 Å². The standard InChI is InChI=1S/C10H7FN2O2/c11-10-12-8(9(14)15)6-13(10)7-4-2-1-3-5-7/h1-6H,(H,14,15). The maximum atomic E-state index is 13.2. The zero-order chi connectivity index (χ0) is 10.8. The average Bonchev–Trinajstić information content (AvgIpc) is 2.62. The molecule has 2 rings (SSSR count). The van der Waals surface area contributed by atoms with Crippen molar-refractivity contribution in [3.8, 4) is 5.69 Å². The Hall–Kier alpha value is -2.17. The summed E-state index contributed by atoms with van der Waals surface area (Å²) in [6, 6.07) is 8.58. The van der Waals surface area contributed by atoms with Gasteiger partial charge >= 0.3 is 5.97 Å². The number of carbonyl (C=O) groups is 1. The zero-order valence-corrected chi connectivity index (χ0v) is 7.59. The molecule has 0 aliphatic rings. The van der Waals surface area contributed by atoms with Gasteiger partial charge in [-0.05, 0) is 12.1 Å². The summed E-state index contributed by atoms with van der Waals surface area (Å²) < 4.78 is 14.3. The van der Waals surface area contributed by atoms with Crippen LogP contribution in [0, 0.1) is 6.08 Å². The van der Waals surface area contributed by atoms with Gasteiger partial charge < -0.3 is 5.11 Å². The summed E-state index contributed by atoms with van der Waals surface area (Å²) in [5.74, 6) is -1.25. The summed E-state index contributed by atoms with van der Waals surface area (Å²) in [5.41, 5.74) is 0.228. The van der Waals surface area contributed by atoms with Crippen LogP contribution in [0.5, 0.6) is 0 Å². The summed E-state index contributed by atoms with van der Waals surface area (Å²) in [6.07, 6.45) is 0.311. The number of aromatic carboxylic acids is 1. The van der Waals surface area contributed by atoms with Gasteiger partial charge in [-0.2, -0.15) is 9.37 Å². The molecular weight excluding hydrogens is 199 g/mol. The Kier molecular flexibility index (Phi) is 2.21. The number of carboxylic acid groups (broad SMARTS) is 1. The van der Waals surface area contributed by atoms with Gasteiger partial charge in [0.05, 0.1) is 0 Å². The van der Waals surface area contributed by atoms with Gasteiger partial charge in [0.1, 0.15) is 0 Å². The van der Waals surface area contributed by atoms with E-state index >= 15 is 0 Å². The van der Waals surface area contributed by atoms with Crippen molar-refractivity contribution in [2.24, 2.45) is 0 Å². The van der Waals surface area contributed by atoms with E-state index in [0.29, 0.717) is 5.69 Å². The lowest BCUT2D eigenvalue weighted by Crippen LogP contribution is -1.95. The van der Waals surface area contributed by atoms with Crippen LogP contribution in [0.2, 0.25) is 0 Å². The summed E-state index contributed by atoms with van der Waals surface area (Å²) >= 11 is 0. The Morgan fingerprint density at radius 1 is 1.33 bits per heavy atom. The zero-order valence-electron chi connectivity index (χ0n) is 7.59. The van der Waals surface area contributed by atoms with Crippen molar-refractivity contribution < 1.29 is 14.3 Å². The molecule has 2 aromatic rings. The molecule has 1 aromatic heterocycles. The summed E-state index contributed by atoms with van der Waals surface area (Å²) in [7, 11) is 0. The molecule has 0 bridgehead atoms. The molecule has 0 amide bonds. The number of rotatable bonds is 2. The average molecular weight is 206 g/mol. The number of carboxylic acids is 1. The Bertz CT molecular complexity index is 493. The molecule has 1 aromatic carbocycles. The molecule has 0 aliphatic heterocycles. The highest BCUT2D eigenvalue weighted by molar-refractivity contribution is 5.85. The van der Waals surface area contributed by atoms with Gasteiger partial charge in [0.25, 0.3) is 6.08 Å². The molecular formula is C10H7FN2O2. The Morgan fingerprint density at radius 3 is 2.53 bits per heavy atom. The van der Waals surface area contributed by atoms with Crippen LogP contribution in [0.3, 0.4) is 0 Å². The molecule has 0 aliphatic carbocycles. The SMILES string of the molecule is O=C(O)c1cn(-c2ccccc2)c(F)n1. The molecule has 1 N–H and O–H groups in total. The van der Waals surface area contributed by atoms with Gasteiger partial charge in [0, 0.05) is 11.9 Å². The number of para-hydroxylation sites is 1. The van der Waals surface area contributed by atoms with Crippen molar-refractivity contribution >= 4 is 5.97 Å². The molecule has 1 heterocycles. The molecule has 0 fully saturated rings. The summed E-state index contributed by atoms with van der Waals surface area (Å²) in [5, 5.41) is 8.63. The molecule has 15 heavy (non-hydrogen) atoms. The highest BCUT2D eigenvalue weighted by Gasteiger charge is 2.13. The first-order chi connectivity index (χ1) is 7.18. The number of benzene rings is 1. The maximum absolute atomic E-state index is 13.2. The third-order valence-electron chi connectivity index (χ3n) is 1.92. The molecule has 0 unspecified atom stereocenters. The van der Waals surface area contributed by atoms with E-state index in [0.717, 1.165) is 10.8 Å². The minimum absolute atomic E-state index is 0.309. The number of aromatic nitrogens is 2. The van der Waals surface area contributed by atoms with E-state index in [9.17, 15) is 9.18 Å². The molecule has 4 nitrogen and oxygen atoms in total. The van der Waals surface area contributed by atoms with Gasteiger partial charge in [0.2, 0.25) is 0 Å². The second-order valence-corrected chi connectivity index (χ2v) is 2.91. The predicted molar refractivity (Wildman–Crippen MR) is 50.5 cm³/mol. The lowest BCUT2D eigenvalue weighted by molar-refractivity contribution is 0.0690. The van der Waals surface area contributed by atoms with E-state index < -0.39 is 12.0 Å². The van der Waals surface area contributed by atoms with Crippen LogP contribution in [0.15, 0.2) is 36.5 Å². The van der Waals surface area contributed by atoms with Crippen molar-refractivity contribution in [1.29, 1.82) is 0 Å². The van der Waals surface area contributed by atoms with E-state index in [1.54, 1.807) is 30.3 Å². The minimum Gasteiger partial charge on any atom is -0.476 e. The third-order valence-corrected chi connectivity index (χ3v) is 1.92. The number of halogens is 1. The normalized spacial score (nSPS) is 10.2. The lowest BCUT2D eigenvalue weighted by Gasteiger charge is -2.00. The van der Waals surface area contributed by atoms with Crippen molar-refractivity contribution in [3.05, 3.63) is 48.3 Å². The second kappa shape index (κ2) is 3.53. The van der Waals surface area contributed by atoms with Crippen LogP contribution in [-0.4, -0.2) is 20.6 Å². The maximum Gasteiger partial charge on any atom is 0.356 e. The topological polar surface area (TPSA) is 55.1 Å². The van der Waals surface area contributed by atoms with E-state index in [1.165, 1.54) is 0 Å². The summed E-state index contributed by atoms with van der Waals surface area (Å²) in [6.45, 7) is 0. The van der Waals surface area contributed by atoms with Gasteiger partial charge in [-0.15, -0.1) is 0 Å². The first-order valence-electron chi connectivity index (χ1n) is 4.22.